The van der Waals surface area contributed by atoms with E-state index in [0.29, 0.717) is 0 Å². The number of Topliss-reactive ketones (excluding diaryl/α,β-unsaturated/α-hetero) is 1. The van der Waals surface area contributed by atoms with Gasteiger partial charge in [-0.25, -0.2) is 8.78 Å². The second-order valence-electron chi connectivity index (χ2n) is 3.06. The molecule has 0 N–H and O–H groups in total. The Kier molecular flexibility index (Phi) is 3.79. The van der Waals surface area contributed by atoms with Gasteiger partial charge in [0, 0.05) is 12.0 Å². The third-order valence-electron chi connectivity index (χ3n) is 1.83. The van der Waals surface area contributed by atoms with Gasteiger partial charge in [0.25, 0.3) is 0 Å². The van der Waals surface area contributed by atoms with Crippen LogP contribution in [0, 0.1) is 11.6 Å². The second kappa shape index (κ2) is 4.70. The summed E-state index contributed by atoms with van der Waals surface area (Å²) in [6.45, 7) is 1.34. The van der Waals surface area contributed by atoms with Crippen LogP contribution < -0.4 is 4.74 Å². The van der Waals surface area contributed by atoms with Gasteiger partial charge >= 0.3 is 0 Å². The molecule has 1 aromatic carbocycles. The van der Waals surface area contributed by atoms with Crippen molar-refractivity contribution < 1.29 is 18.3 Å². The van der Waals surface area contributed by atoms with Crippen LogP contribution in [-0.2, 0) is 11.2 Å². The average molecular weight is 279 g/mol. The molecule has 0 aliphatic rings. The molecule has 0 saturated carbocycles. The number of ether oxygens (including phenoxy) is 1. The highest BCUT2D eigenvalue weighted by Gasteiger charge is 2.18. The molecule has 0 aromatic heterocycles. The van der Waals surface area contributed by atoms with Crippen molar-refractivity contribution >= 4 is 21.7 Å². The van der Waals surface area contributed by atoms with E-state index < -0.39 is 17.4 Å². The molecule has 5 heteroatoms. The minimum atomic E-state index is -0.826. The van der Waals surface area contributed by atoms with Crippen LogP contribution in [0.2, 0.25) is 0 Å². The van der Waals surface area contributed by atoms with E-state index in [-0.39, 0.29) is 22.2 Å². The maximum absolute atomic E-state index is 13.5. The predicted molar refractivity (Wildman–Crippen MR) is 55.0 cm³/mol. The summed E-state index contributed by atoms with van der Waals surface area (Å²) >= 11 is 2.93. The lowest BCUT2D eigenvalue weighted by molar-refractivity contribution is -0.116. The molecular weight excluding hydrogens is 270 g/mol. The maximum Gasteiger partial charge on any atom is 0.191 e. The van der Waals surface area contributed by atoms with E-state index >= 15 is 0 Å². The molecular formula is C10H9BrF2O2. The minimum Gasteiger partial charge on any atom is -0.491 e. The second-order valence-corrected chi connectivity index (χ2v) is 3.91. The fraction of sp³-hybridized carbons (Fsp3) is 0.300. The van der Waals surface area contributed by atoms with Crippen LogP contribution in [0.15, 0.2) is 10.5 Å². The number of rotatable bonds is 3. The van der Waals surface area contributed by atoms with Crippen molar-refractivity contribution in [3.63, 3.8) is 0 Å². The summed E-state index contributed by atoms with van der Waals surface area (Å²) in [6.07, 6.45) is -0.0823. The monoisotopic (exact) mass is 278 g/mol. The smallest absolute Gasteiger partial charge is 0.191 e. The Morgan fingerprint density at radius 2 is 2.07 bits per heavy atom. The summed E-state index contributed by atoms with van der Waals surface area (Å²) in [5.41, 5.74) is 0.118. The summed E-state index contributed by atoms with van der Waals surface area (Å²) in [5.74, 6) is -2.30. The number of methoxy groups -OCH3 is 1. The number of benzene rings is 1. The molecule has 0 heterocycles. The fourth-order valence-corrected chi connectivity index (χ4v) is 1.66. The summed E-state index contributed by atoms with van der Waals surface area (Å²) in [4.78, 5) is 10.8. The Balaban J connectivity index is 3.30. The quantitative estimate of drug-likeness (QED) is 0.795. The minimum absolute atomic E-state index is 0.0806. The first-order valence-electron chi connectivity index (χ1n) is 4.17. The van der Waals surface area contributed by atoms with E-state index in [1.54, 1.807) is 0 Å². The maximum atomic E-state index is 13.5. The van der Waals surface area contributed by atoms with Crippen LogP contribution in [0.25, 0.3) is 0 Å². The molecule has 0 aliphatic carbocycles. The van der Waals surface area contributed by atoms with Crippen LogP contribution in [-0.4, -0.2) is 12.9 Å². The summed E-state index contributed by atoms with van der Waals surface area (Å²) < 4.78 is 31.5. The highest BCUT2D eigenvalue weighted by atomic mass is 79.9. The van der Waals surface area contributed by atoms with E-state index in [4.69, 9.17) is 0 Å². The molecule has 0 radical (unpaired) electrons. The molecule has 0 fully saturated rings. The fourth-order valence-electron chi connectivity index (χ4n) is 1.21. The molecule has 0 saturated heterocycles. The summed E-state index contributed by atoms with van der Waals surface area (Å²) in [7, 11) is 1.17. The highest BCUT2D eigenvalue weighted by molar-refractivity contribution is 9.10. The molecule has 0 amide bonds. The molecule has 0 spiro atoms. The number of carbonyl (C=O) groups excluding carboxylic acids is 1. The van der Waals surface area contributed by atoms with Crippen molar-refractivity contribution in [3.05, 3.63) is 27.7 Å². The van der Waals surface area contributed by atoms with Gasteiger partial charge < -0.3 is 4.74 Å². The number of ketones is 1. The van der Waals surface area contributed by atoms with Crippen molar-refractivity contribution in [2.45, 2.75) is 13.3 Å². The van der Waals surface area contributed by atoms with Crippen LogP contribution in [0.1, 0.15) is 12.5 Å². The van der Waals surface area contributed by atoms with Gasteiger partial charge in [-0.3, -0.25) is 4.79 Å². The van der Waals surface area contributed by atoms with Crippen molar-refractivity contribution in [1.82, 2.24) is 0 Å². The van der Waals surface area contributed by atoms with Crippen molar-refractivity contribution in [3.8, 4) is 5.75 Å². The number of hydrogen-bond acceptors (Lipinski definition) is 2. The van der Waals surface area contributed by atoms with Gasteiger partial charge in [0.05, 0.1) is 11.6 Å². The Labute approximate surface area is 94.4 Å². The van der Waals surface area contributed by atoms with E-state index in [1.165, 1.54) is 20.1 Å². The third-order valence-corrected chi connectivity index (χ3v) is 2.41. The van der Waals surface area contributed by atoms with Gasteiger partial charge in [-0.15, -0.1) is 0 Å². The van der Waals surface area contributed by atoms with Crippen LogP contribution in [0.3, 0.4) is 0 Å². The first-order chi connectivity index (χ1) is 6.97. The van der Waals surface area contributed by atoms with Gasteiger partial charge in [0.2, 0.25) is 0 Å². The predicted octanol–water partition coefficient (Wildman–Crippen LogP) is 2.87. The Morgan fingerprint density at radius 1 is 1.47 bits per heavy atom. The number of carbonyl (C=O) groups is 1. The first kappa shape index (κ1) is 12.1. The van der Waals surface area contributed by atoms with Crippen molar-refractivity contribution in [2.75, 3.05) is 7.11 Å². The lowest BCUT2D eigenvalue weighted by atomic mass is 10.1. The van der Waals surface area contributed by atoms with Crippen molar-refractivity contribution in [1.29, 1.82) is 0 Å². The molecule has 15 heavy (non-hydrogen) atoms. The van der Waals surface area contributed by atoms with E-state index in [1.807, 2.05) is 0 Å². The van der Waals surface area contributed by atoms with Gasteiger partial charge in [-0.05, 0) is 28.9 Å². The normalized spacial score (nSPS) is 10.2. The summed E-state index contributed by atoms with van der Waals surface area (Å²) in [6, 6.07) is 1.24. The van der Waals surface area contributed by atoms with E-state index in [9.17, 15) is 13.6 Å². The van der Waals surface area contributed by atoms with E-state index in [2.05, 4.69) is 20.7 Å². The lowest BCUT2D eigenvalue weighted by Gasteiger charge is -2.09. The highest BCUT2D eigenvalue weighted by Crippen LogP contribution is 2.31. The molecule has 2 nitrogen and oxygen atoms in total. The Morgan fingerprint density at radius 3 is 2.53 bits per heavy atom. The SMILES string of the molecule is COc1c(F)c(Br)cc(CC(C)=O)c1F. The molecule has 0 aliphatic heterocycles. The van der Waals surface area contributed by atoms with Gasteiger partial charge in [0.15, 0.2) is 17.4 Å². The largest absolute Gasteiger partial charge is 0.491 e. The molecule has 0 atom stereocenters. The number of halogens is 3. The number of hydrogen-bond donors (Lipinski definition) is 0. The lowest BCUT2D eigenvalue weighted by Crippen LogP contribution is -2.03. The first-order valence-corrected chi connectivity index (χ1v) is 4.96. The van der Waals surface area contributed by atoms with Gasteiger partial charge in [-0.2, -0.15) is 0 Å². The molecule has 0 unspecified atom stereocenters. The summed E-state index contributed by atoms with van der Waals surface area (Å²) in [5, 5.41) is 0. The topological polar surface area (TPSA) is 26.3 Å². The molecule has 1 rings (SSSR count). The average Bonchev–Trinajstić information content (AvgIpc) is 2.14. The zero-order valence-corrected chi connectivity index (χ0v) is 9.82. The zero-order chi connectivity index (χ0) is 11.6. The van der Waals surface area contributed by atoms with Crippen LogP contribution in [0.5, 0.6) is 5.75 Å². The molecule has 82 valence electrons. The molecule has 1 aromatic rings. The Bertz CT molecular complexity index is 405. The third kappa shape index (κ3) is 2.53. The van der Waals surface area contributed by atoms with Crippen molar-refractivity contribution in [2.24, 2.45) is 0 Å². The van der Waals surface area contributed by atoms with Crippen LogP contribution >= 0.6 is 15.9 Å². The molecule has 0 bridgehead atoms. The van der Waals surface area contributed by atoms with Crippen LogP contribution in [0.4, 0.5) is 8.78 Å². The zero-order valence-electron chi connectivity index (χ0n) is 8.23. The standard InChI is InChI=1S/C10H9BrF2O2/c1-5(14)3-6-4-7(11)9(13)10(15-2)8(6)12/h4H,3H2,1-2H3. The van der Waals surface area contributed by atoms with Gasteiger partial charge in [-0.1, -0.05) is 0 Å². The van der Waals surface area contributed by atoms with E-state index in [0.717, 1.165) is 0 Å². The Hall–Kier alpha value is -0.970. The van der Waals surface area contributed by atoms with Gasteiger partial charge in [0.1, 0.15) is 5.78 Å².